The molecule has 0 spiro atoms. The molecule has 0 radical (unpaired) electrons. The van der Waals surface area contributed by atoms with Crippen LogP contribution in [0.1, 0.15) is 36.8 Å². The Bertz CT molecular complexity index is 693. The summed E-state index contributed by atoms with van der Waals surface area (Å²) in [6.07, 6.45) is 0.129. The number of likely N-dealkylation sites (N-methyl/N-ethyl adjacent to an activating group) is 1. The molecule has 1 amide bonds. The summed E-state index contributed by atoms with van der Waals surface area (Å²) in [4.78, 5) is 17.9. The van der Waals surface area contributed by atoms with Crippen LogP contribution in [-0.4, -0.2) is 56.2 Å². The summed E-state index contributed by atoms with van der Waals surface area (Å²) in [5.41, 5.74) is 1.51. The third-order valence-corrected chi connectivity index (χ3v) is 4.55. The van der Waals surface area contributed by atoms with Crippen molar-refractivity contribution in [3.63, 3.8) is 0 Å². The Hall–Kier alpha value is -1.56. The third-order valence-electron chi connectivity index (χ3n) is 4.55. The predicted octanol–water partition coefficient (Wildman–Crippen LogP) is 3.45. The maximum Gasteiger partial charge on any atom is 0.411 e. The van der Waals surface area contributed by atoms with Gasteiger partial charge in [0.1, 0.15) is 6.61 Å². The SMILES string of the molecule is CN(C)C(=O)CNC(=NCc1cccc(COCC(F)(F)F)c1)NC1CCCC1.I. The average molecular weight is 542 g/mol. The fourth-order valence-corrected chi connectivity index (χ4v) is 3.01. The first-order valence-corrected chi connectivity index (χ1v) is 9.70. The van der Waals surface area contributed by atoms with Crippen molar-refractivity contribution >= 4 is 35.8 Å². The van der Waals surface area contributed by atoms with Crippen LogP contribution in [0.15, 0.2) is 29.3 Å². The molecule has 0 saturated heterocycles. The molecule has 170 valence electrons. The van der Waals surface area contributed by atoms with E-state index in [0.717, 1.165) is 18.4 Å². The fourth-order valence-electron chi connectivity index (χ4n) is 3.01. The quantitative estimate of drug-likeness (QED) is 0.300. The van der Waals surface area contributed by atoms with Crippen molar-refractivity contribution < 1.29 is 22.7 Å². The second-order valence-corrected chi connectivity index (χ2v) is 7.36. The van der Waals surface area contributed by atoms with E-state index in [1.54, 1.807) is 32.3 Å². The molecule has 10 heteroatoms. The van der Waals surface area contributed by atoms with E-state index in [4.69, 9.17) is 4.74 Å². The largest absolute Gasteiger partial charge is 0.411 e. The van der Waals surface area contributed by atoms with Crippen LogP contribution in [0.2, 0.25) is 0 Å². The summed E-state index contributed by atoms with van der Waals surface area (Å²) in [6, 6.07) is 7.45. The molecular formula is C20H30F3IN4O2. The van der Waals surface area contributed by atoms with E-state index < -0.39 is 12.8 Å². The van der Waals surface area contributed by atoms with E-state index in [0.29, 0.717) is 24.1 Å². The molecule has 0 atom stereocenters. The van der Waals surface area contributed by atoms with E-state index in [1.807, 2.05) is 6.07 Å². The lowest BCUT2D eigenvalue weighted by atomic mass is 10.1. The molecule has 2 N–H and O–H groups in total. The van der Waals surface area contributed by atoms with Crippen molar-refractivity contribution in [1.82, 2.24) is 15.5 Å². The highest BCUT2D eigenvalue weighted by Crippen LogP contribution is 2.18. The summed E-state index contributed by atoms with van der Waals surface area (Å²) < 4.78 is 41.3. The molecule has 6 nitrogen and oxygen atoms in total. The van der Waals surface area contributed by atoms with Gasteiger partial charge in [0.05, 0.1) is 19.7 Å². The zero-order valence-electron chi connectivity index (χ0n) is 17.3. The normalized spacial score (nSPS) is 14.9. The van der Waals surface area contributed by atoms with E-state index in [1.165, 1.54) is 17.7 Å². The molecule has 1 aromatic rings. The first kappa shape index (κ1) is 26.5. The van der Waals surface area contributed by atoms with Crippen molar-refractivity contribution in [1.29, 1.82) is 0 Å². The molecule has 2 rings (SSSR count). The number of ether oxygens (including phenoxy) is 1. The molecule has 1 aliphatic rings. The minimum Gasteiger partial charge on any atom is -0.367 e. The average Bonchev–Trinajstić information content (AvgIpc) is 3.16. The van der Waals surface area contributed by atoms with Crippen LogP contribution in [0.3, 0.4) is 0 Å². The number of aliphatic imine (C=N–C) groups is 1. The summed E-state index contributed by atoms with van der Waals surface area (Å²) in [5, 5.41) is 6.43. The second-order valence-electron chi connectivity index (χ2n) is 7.36. The van der Waals surface area contributed by atoms with Gasteiger partial charge in [-0.3, -0.25) is 4.79 Å². The van der Waals surface area contributed by atoms with E-state index in [2.05, 4.69) is 15.6 Å². The zero-order chi connectivity index (χ0) is 21.3. The highest BCUT2D eigenvalue weighted by Gasteiger charge is 2.27. The standard InChI is InChI=1S/C20H29F3N4O2.HI/c1-27(2)18(28)12-25-19(26-17-8-3-4-9-17)24-11-15-6-5-7-16(10-15)13-29-14-20(21,22)23;/h5-7,10,17H,3-4,8-9,11-14H2,1-2H3,(H2,24,25,26);1H. The van der Waals surface area contributed by atoms with Crippen molar-refractivity contribution in [3.8, 4) is 0 Å². The molecule has 0 aliphatic heterocycles. The highest BCUT2D eigenvalue weighted by atomic mass is 127. The predicted molar refractivity (Wildman–Crippen MR) is 121 cm³/mol. The highest BCUT2D eigenvalue weighted by molar-refractivity contribution is 14.0. The van der Waals surface area contributed by atoms with E-state index in [9.17, 15) is 18.0 Å². The van der Waals surface area contributed by atoms with Crippen LogP contribution in [-0.2, 0) is 22.7 Å². The summed E-state index contributed by atoms with van der Waals surface area (Å²) >= 11 is 0. The number of nitrogens with one attached hydrogen (secondary N) is 2. The van der Waals surface area contributed by atoms with Crippen molar-refractivity contribution in [3.05, 3.63) is 35.4 Å². The van der Waals surface area contributed by atoms with Gasteiger partial charge in [0, 0.05) is 20.1 Å². The van der Waals surface area contributed by atoms with E-state index >= 15 is 0 Å². The van der Waals surface area contributed by atoms with Gasteiger partial charge in [-0.05, 0) is 24.0 Å². The number of nitrogens with zero attached hydrogens (tertiary/aromatic N) is 2. The van der Waals surface area contributed by atoms with Gasteiger partial charge in [0.15, 0.2) is 5.96 Å². The van der Waals surface area contributed by atoms with Gasteiger partial charge in [-0.2, -0.15) is 13.2 Å². The van der Waals surface area contributed by atoms with Gasteiger partial charge in [-0.25, -0.2) is 4.99 Å². The van der Waals surface area contributed by atoms with Crippen molar-refractivity contribution in [2.24, 2.45) is 4.99 Å². The lowest BCUT2D eigenvalue weighted by molar-refractivity contribution is -0.176. The minimum absolute atomic E-state index is 0. The lowest BCUT2D eigenvalue weighted by Crippen LogP contribution is -2.46. The van der Waals surface area contributed by atoms with Gasteiger partial charge in [-0.15, -0.1) is 24.0 Å². The monoisotopic (exact) mass is 542 g/mol. The van der Waals surface area contributed by atoms with Crippen LogP contribution in [0, 0.1) is 0 Å². The summed E-state index contributed by atoms with van der Waals surface area (Å²) in [7, 11) is 3.38. The van der Waals surface area contributed by atoms with E-state index in [-0.39, 0.29) is 43.0 Å². The Morgan fingerprint density at radius 2 is 1.90 bits per heavy atom. The van der Waals surface area contributed by atoms with Crippen LogP contribution in [0.25, 0.3) is 0 Å². The molecular weight excluding hydrogens is 512 g/mol. The molecule has 0 aromatic heterocycles. The first-order chi connectivity index (χ1) is 13.7. The molecule has 1 aliphatic carbocycles. The second kappa shape index (κ2) is 13.0. The molecule has 1 fully saturated rings. The Kier molecular flexibility index (Phi) is 11.5. The van der Waals surface area contributed by atoms with Crippen LogP contribution >= 0.6 is 24.0 Å². The molecule has 0 unspecified atom stereocenters. The Balaban J connectivity index is 0.00000450. The van der Waals surface area contributed by atoms with Crippen LogP contribution < -0.4 is 10.6 Å². The Morgan fingerprint density at radius 1 is 1.23 bits per heavy atom. The van der Waals surface area contributed by atoms with Gasteiger partial charge in [-0.1, -0.05) is 37.1 Å². The number of benzene rings is 1. The number of carbonyl (C=O) groups excluding carboxylic acids is 1. The summed E-state index contributed by atoms with van der Waals surface area (Å²) in [5.74, 6) is 0.501. The smallest absolute Gasteiger partial charge is 0.367 e. The molecule has 0 bridgehead atoms. The third kappa shape index (κ3) is 10.5. The number of rotatable bonds is 8. The number of carbonyl (C=O) groups is 1. The van der Waals surface area contributed by atoms with Crippen LogP contribution in [0.4, 0.5) is 13.2 Å². The number of hydrogen-bond donors (Lipinski definition) is 2. The van der Waals surface area contributed by atoms with Gasteiger partial charge in [0.2, 0.25) is 5.91 Å². The number of halogens is 4. The van der Waals surface area contributed by atoms with Gasteiger partial charge >= 0.3 is 6.18 Å². The first-order valence-electron chi connectivity index (χ1n) is 9.70. The summed E-state index contributed by atoms with van der Waals surface area (Å²) in [6.45, 7) is -0.906. The molecule has 1 saturated carbocycles. The lowest BCUT2D eigenvalue weighted by Gasteiger charge is -2.18. The van der Waals surface area contributed by atoms with Crippen molar-refractivity contribution in [2.45, 2.75) is 51.1 Å². The number of hydrogen-bond acceptors (Lipinski definition) is 3. The van der Waals surface area contributed by atoms with Crippen molar-refractivity contribution in [2.75, 3.05) is 27.2 Å². The molecule has 0 heterocycles. The van der Waals surface area contributed by atoms with Gasteiger partial charge < -0.3 is 20.3 Å². The molecule has 30 heavy (non-hydrogen) atoms. The van der Waals surface area contributed by atoms with Crippen LogP contribution in [0.5, 0.6) is 0 Å². The van der Waals surface area contributed by atoms with Gasteiger partial charge in [0.25, 0.3) is 0 Å². The fraction of sp³-hybridized carbons (Fsp3) is 0.600. The number of alkyl halides is 3. The Labute approximate surface area is 192 Å². The maximum atomic E-state index is 12.2. The maximum absolute atomic E-state index is 12.2. The zero-order valence-corrected chi connectivity index (χ0v) is 19.6. The molecule has 1 aromatic carbocycles. The Morgan fingerprint density at radius 3 is 2.53 bits per heavy atom. The topological polar surface area (TPSA) is 66.0 Å². The minimum atomic E-state index is -4.33. The number of guanidine groups is 1. The number of amides is 1.